The van der Waals surface area contributed by atoms with E-state index in [1.165, 1.54) is 19.3 Å². The van der Waals surface area contributed by atoms with Crippen LogP contribution in [0.15, 0.2) is 24.3 Å². The van der Waals surface area contributed by atoms with Gasteiger partial charge in [0.2, 0.25) is 0 Å². The van der Waals surface area contributed by atoms with Gasteiger partial charge in [-0.2, -0.15) is 0 Å². The molecule has 0 aromatic heterocycles. The van der Waals surface area contributed by atoms with Gasteiger partial charge in [-0.3, -0.25) is 0 Å². The maximum atomic E-state index is 5.75. The molecule has 0 aliphatic rings. The lowest BCUT2D eigenvalue weighted by molar-refractivity contribution is 0.228. The first kappa shape index (κ1) is 16.3. The number of unbranched alkanes of at least 4 members (excludes halogenated alkanes) is 2. The average molecular weight is 330 g/mol. The van der Waals surface area contributed by atoms with Gasteiger partial charge in [-0.15, -0.1) is 0 Å². The number of rotatable bonds is 10. The first-order chi connectivity index (χ1) is 9.27. The van der Waals surface area contributed by atoms with Gasteiger partial charge < -0.3 is 14.4 Å². The largest absolute Gasteiger partial charge is 0.493 e. The summed E-state index contributed by atoms with van der Waals surface area (Å²) in [6.45, 7) is 2.75. The fourth-order valence-corrected chi connectivity index (χ4v) is 2.21. The lowest BCUT2D eigenvalue weighted by atomic mass is 10.2. The zero-order valence-electron chi connectivity index (χ0n) is 11.9. The lowest BCUT2D eigenvalue weighted by Gasteiger charge is -2.17. The van der Waals surface area contributed by atoms with Crippen molar-refractivity contribution in [2.24, 2.45) is 0 Å². The summed E-state index contributed by atoms with van der Waals surface area (Å²) in [7, 11) is 3.80. The Labute approximate surface area is 125 Å². The first-order valence-corrected chi connectivity index (χ1v) is 7.90. The molecule has 0 aliphatic heterocycles. The summed E-state index contributed by atoms with van der Waals surface area (Å²) in [5.74, 6) is 1.61. The summed E-state index contributed by atoms with van der Waals surface area (Å²) in [6.07, 6.45) is 3.78. The van der Waals surface area contributed by atoms with E-state index in [1.807, 2.05) is 24.3 Å². The van der Waals surface area contributed by atoms with Gasteiger partial charge in [-0.1, -0.05) is 34.5 Å². The van der Waals surface area contributed by atoms with E-state index < -0.39 is 0 Å². The summed E-state index contributed by atoms with van der Waals surface area (Å²) < 4.78 is 11.0. The molecular formula is C15H24BrNO2. The molecule has 0 N–H and O–H groups in total. The summed E-state index contributed by atoms with van der Waals surface area (Å²) in [5.41, 5.74) is 0. The number of ether oxygens (including phenoxy) is 2. The Morgan fingerprint density at radius 2 is 1.79 bits per heavy atom. The highest BCUT2D eigenvalue weighted by atomic mass is 79.9. The Hall–Kier alpha value is -0.740. The molecule has 0 unspecified atom stereocenters. The van der Waals surface area contributed by atoms with Gasteiger partial charge in [0.25, 0.3) is 0 Å². The monoisotopic (exact) mass is 329 g/mol. The quantitative estimate of drug-likeness (QED) is 0.484. The molecule has 19 heavy (non-hydrogen) atoms. The minimum Gasteiger partial charge on any atom is -0.493 e. The number of hydrogen-bond acceptors (Lipinski definition) is 3. The predicted molar refractivity (Wildman–Crippen MR) is 83.6 cm³/mol. The van der Waals surface area contributed by atoms with Crippen LogP contribution in [0.3, 0.4) is 0 Å². The van der Waals surface area contributed by atoms with Crippen molar-refractivity contribution in [1.82, 2.24) is 4.90 Å². The second kappa shape index (κ2) is 10.1. The fourth-order valence-electron chi connectivity index (χ4n) is 1.81. The van der Waals surface area contributed by atoms with Crippen molar-refractivity contribution < 1.29 is 9.47 Å². The number of hydrogen-bond donors (Lipinski definition) is 0. The van der Waals surface area contributed by atoms with Crippen molar-refractivity contribution >= 4 is 15.9 Å². The van der Waals surface area contributed by atoms with Gasteiger partial charge in [0.1, 0.15) is 6.61 Å². The van der Waals surface area contributed by atoms with Crippen LogP contribution >= 0.6 is 15.9 Å². The molecule has 0 atom stereocenters. The van der Waals surface area contributed by atoms with E-state index in [4.69, 9.17) is 9.47 Å². The molecule has 0 fully saturated rings. The number of nitrogens with zero attached hydrogens (tertiary/aromatic N) is 1. The zero-order valence-corrected chi connectivity index (χ0v) is 13.5. The maximum absolute atomic E-state index is 5.75. The number of para-hydroxylation sites is 2. The number of methoxy groups -OCH3 is 1. The van der Waals surface area contributed by atoms with Crippen LogP contribution in [-0.4, -0.2) is 44.1 Å². The van der Waals surface area contributed by atoms with Gasteiger partial charge in [-0.25, -0.2) is 0 Å². The molecule has 108 valence electrons. The van der Waals surface area contributed by atoms with Crippen LogP contribution < -0.4 is 9.47 Å². The molecule has 4 heteroatoms. The molecule has 0 aliphatic carbocycles. The molecule has 3 nitrogen and oxygen atoms in total. The molecule has 0 heterocycles. The molecule has 1 aromatic rings. The molecule has 0 bridgehead atoms. The lowest BCUT2D eigenvalue weighted by Crippen LogP contribution is -2.25. The SMILES string of the molecule is COc1ccccc1OCCN(C)CCCCCBr. The second-order valence-electron chi connectivity index (χ2n) is 4.55. The highest BCUT2D eigenvalue weighted by molar-refractivity contribution is 9.09. The molecular weight excluding hydrogens is 306 g/mol. The molecule has 1 aromatic carbocycles. The standard InChI is InChI=1S/C15H24BrNO2/c1-17(11-7-3-6-10-16)12-13-19-15-9-5-4-8-14(15)18-2/h4-5,8-9H,3,6-7,10-13H2,1-2H3. The number of benzene rings is 1. The molecule has 0 saturated heterocycles. The van der Waals surface area contributed by atoms with E-state index in [-0.39, 0.29) is 0 Å². The van der Waals surface area contributed by atoms with E-state index in [2.05, 4.69) is 27.9 Å². The van der Waals surface area contributed by atoms with Gasteiger partial charge in [0, 0.05) is 11.9 Å². The second-order valence-corrected chi connectivity index (χ2v) is 5.35. The fraction of sp³-hybridized carbons (Fsp3) is 0.600. The van der Waals surface area contributed by atoms with Crippen molar-refractivity contribution in [1.29, 1.82) is 0 Å². The van der Waals surface area contributed by atoms with Crippen LogP contribution in [0.25, 0.3) is 0 Å². The van der Waals surface area contributed by atoms with E-state index in [9.17, 15) is 0 Å². The molecule has 0 spiro atoms. The van der Waals surface area contributed by atoms with E-state index in [0.29, 0.717) is 6.61 Å². The third kappa shape index (κ3) is 6.83. The normalized spacial score (nSPS) is 10.7. The molecule has 0 saturated carbocycles. The minimum atomic E-state index is 0.690. The average Bonchev–Trinajstić information content (AvgIpc) is 2.44. The van der Waals surface area contributed by atoms with E-state index in [1.54, 1.807) is 7.11 Å². The third-order valence-corrected chi connectivity index (χ3v) is 3.53. The van der Waals surface area contributed by atoms with Crippen LogP contribution in [0.2, 0.25) is 0 Å². The van der Waals surface area contributed by atoms with Gasteiger partial charge >= 0.3 is 0 Å². The summed E-state index contributed by atoms with van der Waals surface area (Å²) in [4.78, 5) is 2.31. The summed E-state index contributed by atoms with van der Waals surface area (Å²) in [6, 6.07) is 7.76. The Kier molecular flexibility index (Phi) is 8.67. The first-order valence-electron chi connectivity index (χ1n) is 6.78. The zero-order chi connectivity index (χ0) is 13.9. The summed E-state index contributed by atoms with van der Waals surface area (Å²) in [5, 5.41) is 1.10. The number of alkyl halides is 1. The van der Waals surface area contributed by atoms with E-state index >= 15 is 0 Å². The van der Waals surface area contributed by atoms with Crippen molar-refractivity contribution in [2.45, 2.75) is 19.3 Å². The van der Waals surface area contributed by atoms with E-state index in [0.717, 1.165) is 29.9 Å². The van der Waals surface area contributed by atoms with Crippen LogP contribution in [-0.2, 0) is 0 Å². The smallest absolute Gasteiger partial charge is 0.161 e. The van der Waals surface area contributed by atoms with Gasteiger partial charge in [0.15, 0.2) is 11.5 Å². The third-order valence-electron chi connectivity index (χ3n) is 2.97. The Morgan fingerprint density at radius 3 is 2.47 bits per heavy atom. The molecule has 0 radical (unpaired) electrons. The predicted octanol–water partition coefficient (Wildman–Crippen LogP) is 3.57. The molecule has 1 rings (SSSR count). The van der Waals surface area contributed by atoms with Crippen LogP contribution in [0.1, 0.15) is 19.3 Å². The van der Waals surface area contributed by atoms with Crippen molar-refractivity contribution in [3.63, 3.8) is 0 Å². The van der Waals surface area contributed by atoms with Crippen molar-refractivity contribution in [2.75, 3.05) is 39.2 Å². The Morgan fingerprint density at radius 1 is 1.05 bits per heavy atom. The van der Waals surface area contributed by atoms with Gasteiger partial charge in [-0.05, 0) is 38.6 Å². The number of likely N-dealkylation sites (N-methyl/N-ethyl adjacent to an activating group) is 1. The minimum absolute atomic E-state index is 0.690. The summed E-state index contributed by atoms with van der Waals surface area (Å²) >= 11 is 3.45. The molecule has 0 amide bonds. The maximum Gasteiger partial charge on any atom is 0.161 e. The van der Waals surface area contributed by atoms with Gasteiger partial charge in [0.05, 0.1) is 7.11 Å². The van der Waals surface area contributed by atoms with Crippen LogP contribution in [0.4, 0.5) is 0 Å². The highest BCUT2D eigenvalue weighted by Crippen LogP contribution is 2.25. The Balaban J connectivity index is 2.18. The van der Waals surface area contributed by atoms with Crippen LogP contribution in [0.5, 0.6) is 11.5 Å². The van der Waals surface area contributed by atoms with Crippen molar-refractivity contribution in [3.8, 4) is 11.5 Å². The van der Waals surface area contributed by atoms with Crippen LogP contribution in [0, 0.1) is 0 Å². The topological polar surface area (TPSA) is 21.7 Å². The Bertz CT molecular complexity index is 347. The highest BCUT2D eigenvalue weighted by Gasteiger charge is 2.03. The van der Waals surface area contributed by atoms with Crippen molar-refractivity contribution in [3.05, 3.63) is 24.3 Å². The number of halogens is 1.